The maximum atomic E-state index is 12.9. The van der Waals surface area contributed by atoms with E-state index in [1.807, 2.05) is 33.8 Å². The molecule has 1 unspecified atom stereocenters. The molecule has 0 N–H and O–H groups in total. The average Bonchev–Trinajstić information content (AvgIpc) is 2.86. The molecule has 2 aromatic rings. The molecule has 4 heteroatoms. The molecule has 1 atom stereocenters. The molecule has 4 nitrogen and oxygen atoms in total. The molecule has 0 radical (unpaired) electrons. The lowest BCUT2D eigenvalue weighted by atomic mass is 10.2. The molecule has 0 saturated carbocycles. The lowest BCUT2D eigenvalue weighted by Crippen LogP contribution is -2.42. The van der Waals surface area contributed by atoms with E-state index in [0.29, 0.717) is 0 Å². The maximum absolute atomic E-state index is 12.9. The summed E-state index contributed by atoms with van der Waals surface area (Å²) in [4.78, 5) is 17.4. The van der Waals surface area contributed by atoms with Gasteiger partial charge in [0.1, 0.15) is 0 Å². The molecule has 1 fully saturated rings. The first-order chi connectivity index (χ1) is 10.6. The van der Waals surface area contributed by atoms with E-state index in [9.17, 15) is 4.79 Å². The molecule has 1 amide bonds. The van der Waals surface area contributed by atoms with Crippen molar-refractivity contribution in [2.75, 3.05) is 26.2 Å². The number of nitrogens with zero attached hydrogens (tertiary/aromatic N) is 3. The number of carbonyl (C=O) groups is 1. The number of rotatable bonds is 2. The van der Waals surface area contributed by atoms with Gasteiger partial charge in [-0.25, -0.2) is 0 Å². The number of hydrogen-bond donors (Lipinski definition) is 0. The normalized spacial score (nSPS) is 20.3. The summed E-state index contributed by atoms with van der Waals surface area (Å²) in [5.41, 5.74) is 3.11. The van der Waals surface area contributed by atoms with Crippen molar-refractivity contribution in [3.63, 3.8) is 0 Å². The molecule has 1 aliphatic rings. The Hall–Kier alpha value is -1.81. The van der Waals surface area contributed by atoms with Gasteiger partial charge in [0.15, 0.2) is 0 Å². The summed E-state index contributed by atoms with van der Waals surface area (Å²) in [5.74, 6) is 0.161. The van der Waals surface area contributed by atoms with Crippen LogP contribution >= 0.6 is 0 Å². The van der Waals surface area contributed by atoms with E-state index in [0.717, 1.165) is 43.7 Å². The molecule has 0 aliphatic carbocycles. The number of amides is 1. The number of likely N-dealkylation sites (N-methyl/N-ethyl adjacent to an activating group) is 1. The quantitative estimate of drug-likeness (QED) is 0.853. The summed E-state index contributed by atoms with van der Waals surface area (Å²) in [6, 6.07) is 6.38. The molecule has 1 saturated heterocycles. The molecule has 3 rings (SSSR count). The highest BCUT2D eigenvalue weighted by atomic mass is 16.2. The monoisotopic (exact) mass is 299 g/mol. The van der Waals surface area contributed by atoms with Crippen LogP contribution in [-0.4, -0.2) is 52.3 Å². The minimum atomic E-state index is 0.161. The summed E-state index contributed by atoms with van der Waals surface area (Å²) in [6.07, 6.45) is 5.01. The van der Waals surface area contributed by atoms with Gasteiger partial charge in [-0.05, 0) is 51.1 Å². The number of aryl methyl sites for hydroxylation is 1. The van der Waals surface area contributed by atoms with Crippen LogP contribution in [0.15, 0.2) is 30.6 Å². The summed E-state index contributed by atoms with van der Waals surface area (Å²) in [6.45, 7) is 10.4. The van der Waals surface area contributed by atoms with Gasteiger partial charge in [-0.2, -0.15) is 0 Å². The Kier molecular flexibility index (Phi) is 4.21. The van der Waals surface area contributed by atoms with Crippen molar-refractivity contribution in [3.05, 3.63) is 41.7 Å². The van der Waals surface area contributed by atoms with Crippen LogP contribution in [0.2, 0.25) is 0 Å². The fourth-order valence-electron chi connectivity index (χ4n) is 3.41. The SMILES string of the molecule is CCN1CCCN(C(=O)c2cc3c(C)cccn3c2)C(C)C1. The van der Waals surface area contributed by atoms with Gasteiger partial charge in [0, 0.05) is 37.0 Å². The zero-order valence-corrected chi connectivity index (χ0v) is 13.7. The summed E-state index contributed by atoms with van der Waals surface area (Å²) in [7, 11) is 0. The van der Waals surface area contributed by atoms with E-state index in [1.165, 1.54) is 5.56 Å². The Bertz CT molecular complexity index is 676. The summed E-state index contributed by atoms with van der Waals surface area (Å²) < 4.78 is 2.05. The van der Waals surface area contributed by atoms with Gasteiger partial charge in [-0.15, -0.1) is 0 Å². The Morgan fingerprint density at radius 1 is 1.36 bits per heavy atom. The van der Waals surface area contributed by atoms with Crippen LogP contribution in [0.25, 0.3) is 5.52 Å². The third kappa shape index (κ3) is 2.75. The Labute approximate surface area is 132 Å². The molecule has 0 aromatic carbocycles. The first-order valence-corrected chi connectivity index (χ1v) is 8.20. The first kappa shape index (κ1) is 15.1. The van der Waals surface area contributed by atoms with Crippen molar-refractivity contribution in [2.24, 2.45) is 0 Å². The number of hydrogen-bond acceptors (Lipinski definition) is 2. The first-order valence-electron chi connectivity index (χ1n) is 8.20. The molecule has 2 aromatic heterocycles. The van der Waals surface area contributed by atoms with E-state index >= 15 is 0 Å². The van der Waals surface area contributed by atoms with Crippen LogP contribution in [-0.2, 0) is 0 Å². The molecule has 0 spiro atoms. The minimum Gasteiger partial charge on any atom is -0.335 e. The van der Waals surface area contributed by atoms with E-state index in [1.54, 1.807) is 0 Å². The number of carbonyl (C=O) groups excluding carboxylic acids is 1. The molecule has 22 heavy (non-hydrogen) atoms. The van der Waals surface area contributed by atoms with Gasteiger partial charge in [-0.1, -0.05) is 13.0 Å². The maximum Gasteiger partial charge on any atom is 0.255 e. The zero-order chi connectivity index (χ0) is 15.7. The largest absolute Gasteiger partial charge is 0.335 e. The summed E-state index contributed by atoms with van der Waals surface area (Å²) in [5, 5.41) is 0. The van der Waals surface area contributed by atoms with Gasteiger partial charge in [0.25, 0.3) is 5.91 Å². The highest BCUT2D eigenvalue weighted by Gasteiger charge is 2.26. The van der Waals surface area contributed by atoms with Crippen LogP contribution in [0.1, 0.15) is 36.2 Å². The number of pyridine rings is 1. The van der Waals surface area contributed by atoms with Crippen LogP contribution < -0.4 is 0 Å². The smallest absolute Gasteiger partial charge is 0.255 e. The third-order valence-corrected chi connectivity index (χ3v) is 4.73. The van der Waals surface area contributed by atoms with Crippen molar-refractivity contribution in [1.82, 2.24) is 14.2 Å². The van der Waals surface area contributed by atoms with Crippen LogP contribution in [0.5, 0.6) is 0 Å². The zero-order valence-electron chi connectivity index (χ0n) is 13.7. The number of aromatic nitrogens is 1. The highest BCUT2D eigenvalue weighted by Crippen LogP contribution is 2.18. The topological polar surface area (TPSA) is 28.0 Å². The second-order valence-electron chi connectivity index (χ2n) is 6.31. The van der Waals surface area contributed by atoms with Crippen molar-refractivity contribution >= 4 is 11.4 Å². The van der Waals surface area contributed by atoms with Crippen molar-refractivity contribution in [2.45, 2.75) is 33.2 Å². The van der Waals surface area contributed by atoms with Crippen molar-refractivity contribution in [3.8, 4) is 0 Å². The van der Waals surface area contributed by atoms with Crippen molar-refractivity contribution in [1.29, 1.82) is 0 Å². The third-order valence-electron chi connectivity index (χ3n) is 4.73. The van der Waals surface area contributed by atoms with Gasteiger partial charge >= 0.3 is 0 Å². The minimum absolute atomic E-state index is 0.161. The second kappa shape index (κ2) is 6.13. The fourth-order valence-corrected chi connectivity index (χ4v) is 3.41. The van der Waals surface area contributed by atoms with Crippen LogP contribution in [0.3, 0.4) is 0 Å². The Morgan fingerprint density at radius 3 is 2.91 bits per heavy atom. The fraction of sp³-hybridized carbons (Fsp3) is 0.500. The van der Waals surface area contributed by atoms with Gasteiger partial charge < -0.3 is 14.2 Å². The van der Waals surface area contributed by atoms with Gasteiger partial charge in [0.2, 0.25) is 0 Å². The second-order valence-corrected chi connectivity index (χ2v) is 6.31. The molecule has 1 aliphatic heterocycles. The Morgan fingerprint density at radius 2 is 2.18 bits per heavy atom. The Balaban J connectivity index is 1.86. The molecule has 3 heterocycles. The highest BCUT2D eigenvalue weighted by molar-refractivity contribution is 5.96. The van der Waals surface area contributed by atoms with E-state index in [-0.39, 0.29) is 11.9 Å². The van der Waals surface area contributed by atoms with Crippen LogP contribution in [0.4, 0.5) is 0 Å². The van der Waals surface area contributed by atoms with Gasteiger partial charge in [0.05, 0.1) is 5.56 Å². The lowest BCUT2D eigenvalue weighted by molar-refractivity contribution is 0.0693. The van der Waals surface area contributed by atoms with Gasteiger partial charge in [-0.3, -0.25) is 4.79 Å². The van der Waals surface area contributed by atoms with E-state index in [2.05, 4.69) is 31.7 Å². The van der Waals surface area contributed by atoms with Crippen molar-refractivity contribution < 1.29 is 4.79 Å². The standard InChI is InChI=1S/C18H25N3O/c1-4-19-8-6-10-21(15(3)12-19)18(22)16-11-17-14(2)7-5-9-20(17)13-16/h5,7,9,11,13,15H,4,6,8,10,12H2,1-3H3. The number of fused-ring (bicyclic) bond motifs is 1. The van der Waals surface area contributed by atoms with E-state index < -0.39 is 0 Å². The summed E-state index contributed by atoms with van der Waals surface area (Å²) >= 11 is 0. The molecular formula is C18H25N3O. The van der Waals surface area contributed by atoms with Crippen LogP contribution in [0, 0.1) is 6.92 Å². The molecular weight excluding hydrogens is 274 g/mol. The lowest BCUT2D eigenvalue weighted by Gasteiger charge is -2.28. The predicted octanol–water partition coefficient (Wildman–Crippen LogP) is 2.80. The average molecular weight is 299 g/mol. The molecule has 0 bridgehead atoms. The predicted molar refractivity (Wildman–Crippen MR) is 89.4 cm³/mol. The molecule has 118 valence electrons. The van der Waals surface area contributed by atoms with E-state index in [4.69, 9.17) is 0 Å².